The van der Waals surface area contributed by atoms with E-state index in [1.54, 1.807) is 18.7 Å². The Kier molecular flexibility index (Phi) is 7.61. The van der Waals surface area contributed by atoms with Gasteiger partial charge in [-0.25, -0.2) is 4.79 Å². The van der Waals surface area contributed by atoms with Crippen molar-refractivity contribution >= 4 is 17.7 Å². The maximum Gasteiger partial charge on any atom is 0.334 e. The van der Waals surface area contributed by atoms with Crippen LogP contribution in [0, 0.1) is 0 Å². The second kappa shape index (κ2) is 7.88. The normalized spacial score (nSPS) is 12.2. The highest BCUT2D eigenvalue weighted by Crippen LogP contribution is 2.16. The third-order valence-electron chi connectivity index (χ3n) is 1.64. The topological polar surface area (TPSA) is 46.5 Å². The lowest BCUT2D eigenvalue weighted by Gasteiger charge is -2.10. The molecule has 0 aliphatic rings. The molecule has 0 aromatic carbocycles. The first-order valence-electron chi connectivity index (χ1n) is 4.69. The molecule has 1 N–H and O–H groups in total. The van der Waals surface area contributed by atoms with Gasteiger partial charge >= 0.3 is 5.97 Å². The van der Waals surface area contributed by atoms with E-state index in [9.17, 15) is 4.79 Å². The Morgan fingerprint density at radius 1 is 1.64 bits per heavy atom. The van der Waals surface area contributed by atoms with E-state index in [1.807, 2.05) is 6.92 Å². The van der Waals surface area contributed by atoms with Crippen LogP contribution in [-0.4, -0.2) is 35.3 Å². The highest BCUT2D eigenvalue weighted by Gasteiger charge is 2.09. The first kappa shape index (κ1) is 13.5. The quantitative estimate of drug-likeness (QED) is 0.521. The van der Waals surface area contributed by atoms with Gasteiger partial charge in [0.05, 0.1) is 6.61 Å². The number of rotatable bonds is 7. The molecule has 4 heteroatoms. The number of ether oxygens (including phenoxy) is 1. The van der Waals surface area contributed by atoms with Gasteiger partial charge in [0.15, 0.2) is 0 Å². The molecule has 0 aromatic heterocycles. The fraction of sp³-hybridized carbons (Fsp3) is 0.700. The van der Waals surface area contributed by atoms with Crippen molar-refractivity contribution in [2.75, 3.05) is 19.0 Å². The molecule has 0 saturated heterocycles. The molecule has 0 saturated carbocycles. The van der Waals surface area contributed by atoms with E-state index >= 15 is 0 Å². The minimum atomic E-state index is -0.323. The average molecular weight is 218 g/mol. The Morgan fingerprint density at radius 2 is 2.29 bits per heavy atom. The molecular formula is C10H18O3S. The average Bonchev–Trinajstić information content (AvgIpc) is 2.15. The third kappa shape index (κ3) is 6.05. The van der Waals surface area contributed by atoms with Crippen molar-refractivity contribution in [3.63, 3.8) is 0 Å². The standard InChI is InChI=1S/C10H18O3S/c1-4-13-10(12)8(2)7-14-9(3)5-6-11/h9,11H,2,4-7H2,1,3H3. The van der Waals surface area contributed by atoms with E-state index in [0.717, 1.165) is 6.42 Å². The van der Waals surface area contributed by atoms with Gasteiger partial charge in [0, 0.05) is 23.2 Å². The monoisotopic (exact) mass is 218 g/mol. The van der Waals surface area contributed by atoms with Gasteiger partial charge in [-0.3, -0.25) is 0 Å². The summed E-state index contributed by atoms with van der Waals surface area (Å²) in [5.41, 5.74) is 0.488. The van der Waals surface area contributed by atoms with Gasteiger partial charge in [0.1, 0.15) is 0 Å². The maximum atomic E-state index is 11.1. The number of esters is 1. The summed E-state index contributed by atoms with van der Waals surface area (Å²) in [5, 5.41) is 9.01. The van der Waals surface area contributed by atoms with Crippen LogP contribution in [0.5, 0.6) is 0 Å². The van der Waals surface area contributed by atoms with Crippen LogP contribution < -0.4 is 0 Å². The second-order valence-corrected chi connectivity index (χ2v) is 4.38. The van der Waals surface area contributed by atoms with Crippen LogP contribution in [-0.2, 0) is 9.53 Å². The van der Waals surface area contributed by atoms with Gasteiger partial charge in [-0.05, 0) is 13.3 Å². The van der Waals surface area contributed by atoms with Crippen molar-refractivity contribution in [3.8, 4) is 0 Å². The lowest BCUT2D eigenvalue weighted by molar-refractivity contribution is -0.138. The zero-order valence-corrected chi connectivity index (χ0v) is 9.60. The molecule has 14 heavy (non-hydrogen) atoms. The van der Waals surface area contributed by atoms with Crippen LogP contribution in [0.3, 0.4) is 0 Å². The lowest BCUT2D eigenvalue weighted by Crippen LogP contribution is -2.10. The Labute approximate surface area is 89.5 Å². The number of hydrogen-bond acceptors (Lipinski definition) is 4. The SMILES string of the molecule is C=C(CSC(C)CCO)C(=O)OCC. The van der Waals surface area contributed by atoms with Gasteiger partial charge in [0.25, 0.3) is 0 Å². The van der Waals surface area contributed by atoms with Crippen LogP contribution in [0.25, 0.3) is 0 Å². The summed E-state index contributed by atoms with van der Waals surface area (Å²) in [6.07, 6.45) is 0.737. The van der Waals surface area contributed by atoms with Gasteiger partial charge < -0.3 is 9.84 Å². The highest BCUT2D eigenvalue weighted by atomic mass is 32.2. The van der Waals surface area contributed by atoms with Crippen LogP contribution in [0.15, 0.2) is 12.2 Å². The molecule has 82 valence electrons. The predicted octanol–water partition coefficient (Wildman–Crippen LogP) is 1.61. The fourth-order valence-corrected chi connectivity index (χ4v) is 1.68. The first-order chi connectivity index (χ1) is 6.61. The number of aliphatic hydroxyl groups is 1. The van der Waals surface area contributed by atoms with Crippen molar-refractivity contribution in [3.05, 3.63) is 12.2 Å². The van der Waals surface area contributed by atoms with Gasteiger partial charge in [-0.1, -0.05) is 13.5 Å². The van der Waals surface area contributed by atoms with Crippen LogP contribution >= 0.6 is 11.8 Å². The summed E-state index contributed by atoms with van der Waals surface area (Å²) in [4.78, 5) is 11.1. The van der Waals surface area contributed by atoms with Crippen LogP contribution in [0.1, 0.15) is 20.3 Å². The minimum absolute atomic E-state index is 0.181. The third-order valence-corrected chi connectivity index (χ3v) is 2.96. The molecule has 0 rings (SSSR count). The van der Waals surface area contributed by atoms with E-state index in [2.05, 4.69) is 6.58 Å². The molecule has 0 aliphatic carbocycles. The molecule has 0 heterocycles. The molecule has 1 atom stereocenters. The van der Waals surface area contributed by atoms with Crippen LogP contribution in [0.4, 0.5) is 0 Å². The molecule has 0 amide bonds. The Bertz CT molecular complexity index is 192. The van der Waals surface area contributed by atoms with E-state index in [1.165, 1.54) is 0 Å². The van der Waals surface area contributed by atoms with Crippen LogP contribution in [0.2, 0.25) is 0 Å². The fourth-order valence-electron chi connectivity index (χ4n) is 0.800. The van der Waals surface area contributed by atoms with Crippen molar-refractivity contribution in [2.24, 2.45) is 0 Å². The molecular weight excluding hydrogens is 200 g/mol. The number of hydrogen-bond donors (Lipinski definition) is 1. The number of thioether (sulfide) groups is 1. The van der Waals surface area contributed by atoms with Crippen molar-refractivity contribution in [2.45, 2.75) is 25.5 Å². The number of aliphatic hydroxyl groups excluding tert-OH is 1. The first-order valence-corrected chi connectivity index (χ1v) is 5.74. The molecule has 0 fully saturated rings. The van der Waals surface area contributed by atoms with E-state index in [0.29, 0.717) is 23.2 Å². The van der Waals surface area contributed by atoms with E-state index in [4.69, 9.17) is 9.84 Å². The molecule has 0 bridgehead atoms. The van der Waals surface area contributed by atoms with Crippen molar-refractivity contribution in [1.82, 2.24) is 0 Å². The van der Waals surface area contributed by atoms with Crippen molar-refractivity contribution < 1.29 is 14.6 Å². The zero-order valence-electron chi connectivity index (χ0n) is 8.78. The number of carbonyl (C=O) groups excluding carboxylic acids is 1. The second-order valence-electron chi connectivity index (χ2n) is 2.96. The van der Waals surface area contributed by atoms with Gasteiger partial charge in [-0.2, -0.15) is 11.8 Å². The zero-order chi connectivity index (χ0) is 11.0. The Balaban J connectivity index is 3.67. The van der Waals surface area contributed by atoms with E-state index < -0.39 is 0 Å². The molecule has 3 nitrogen and oxygen atoms in total. The van der Waals surface area contributed by atoms with E-state index in [-0.39, 0.29) is 12.6 Å². The summed E-state index contributed by atoms with van der Waals surface area (Å²) in [6, 6.07) is 0. The lowest BCUT2D eigenvalue weighted by atomic mass is 10.3. The molecule has 0 aromatic rings. The largest absolute Gasteiger partial charge is 0.463 e. The molecule has 0 radical (unpaired) electrons. The van der Waals surface area contributed by atoms with Crippen molar-refractivity contribution in [1.29, 1.82) is 0 Å². The smallest absolute Gasteiger partial charge is 0.334 e. The highest BCUT2D eigenvalue weighted by molar-refractivity contribution is 8.00. The molecule has 1 unspecified atom stereocenters. The number of carbonyl (C=O) groups is 1. The van der Waals surface area contributed by atoms with Gasteiger partial charge in [0.2, 0.25) is 0 Å². The predicted molar refractivity (Wildman–Crippen MR) is 59.4 cm³/mol. The Hall–Kier alpha value is -0.480. The summed E-state index contributed by atoms with van der Waals surface area (Å²) in [7, 11) is 0. The minimum Gasteiger partial charge on any atom is -0.463 e. The Morgan fingerprint density at radius 3 is 2.79 bits per heavy atom. The molecule has 0 spiro atoms. The maximum absolute atomic E-state index is 11.1. The summed E-state index contributed by atoms with van der Waals surface area (Å²) in [5.74, 6) is 0.246. The summed E-state index contributed by atoms with van der Waals surface area (Å²) >= 11 is 1.60. The summed E-state index contributed by atoms with van der Waals surface area (Å²) < 4.78 is 4.79. The summed E-state index contributed by atoms with van der Waals surface area (Å²) in [6.45, 7) is 8.00. The molecule has 0 aliphatic heterocycles. The van der Waals surface area contributed by atoms with Gasteiger partial charge in [-0.15, -0.1) is 0 Å².